The van der Waals surface area contributed by atoms with Gasteiger partial charge in [-0.3, -0.25) is 9.69 Å². The van der Waals surface area contributed by atoms with Crippen LogP contribution in [0.4, 0.5) is 0 Å². The van der Waals surface area contributed by atoms with Gasteiger partial charge in [0.25, 0.3) is 5.56 Å². The lowest BCUT2D eigenvalue weighted by molar-refractivity contribution is 0.0268. The SMILES string of the molecule is CCOCN1CCc2c(nc(C3CCCCC3)[nH]c2=O)C1. The maximum Gasteiger partial charge on any atom is 0.254 e. The van der Waals surface area contributed by atoms with Crippen molar-refractivity contribution in [2.24, 2.45) is 0 Å². The second-order valence-corrected chi connectivity index (χ2v) is 6.14. The molecule has 0 atom stereocenters. The van der Waals surface area contributed by atoms with Crippen LogP contribution in [-0.2, 0) is 17.7 Å². The van der Waals surface area contributed by atoms with Crippen LogP contribution in [0, 0.1) is 0 Å². The van der Waals surface area contributed by atoms with E-state index >= 15 is 0 Å². The van der Waals surface area contributed by atoms with E-state index in [0.717, 1.165) is 56.0 Å². The molecule has 1 aliphatic heterocycles. The van der Waals surface area contributed by atoms with Gasteiger partial charge in [-0.05, 0) is 26.2 Å². The third-order valence-electron chi connectivity index (χ3n) is 4.64. The summed E-state index contributed by atoms with van der Waals surface area (Å²) in [5.74, 6) is 1.36. The molecule has 0 bridgehead atoms. The molecule has 1 fully saturated rings. The Labute approximate surface area is 125 Å². The number of fused-ring (bicyclic) bond motifs is 1. The van der Waals surface area contributed by atoms with E-state index in [0.29, 0.717) is 12.6 Å². The summed E-state index contributed by atoms with van der Waals surface area (Å²) in [6.07, 6.45) is 6.90. The third-order valence-corrected chi connectivity index (χ3v) is 4.64. The number of hydrogen-bond acceptors (Lipinski definition) is 4. The second-order valence-electron chi connectivity index (χ2n) is 6.14. The summed E-state index contributed by atoms with van der Waals surface area (Å²) in [6.45, 7) is 4.96. The van der Waals surface area contributed by atoms with Crippen LogP contribution >= 0.6 is 0 Å². The molecular weight excluding hydrogens is 266 g/mol. The molecule has 5 heteroatoms. The molecule has 0 aromatic carbocycles. The van der Waals surface area contributed by atoms with E-state index < -0.39 is 0 Å². The predicted molar refractivity (Wildman–Crippen MR) is 81.3 cm³/mol. The maximum atomic E-state index is 12.3. The highest BCUT2D eigenvalue weighted by molar-refractivity contribution is 5.21. The van der Waals surface area contributed by atoms with Crippen molar-refractivity contribution >= 4 is 0 Å². The van der Waals surface area contributed by atoms with Gasteiger partial charge in [0.05, 0.1) is 12.4 Å². The zero-order valence-electron chi connectivity index (χ0n) is 12.9. The number of rotatable bonds is 4. The number of aromatic amines is 1. The van der Waals surface area contributed by atoms with Gasteiger partial charge >= 0.3 is 0 Å². The Balaban J connectivity index is 1.80. The lowest BCUT2D eigenvalue weighted by Crippen LogP contribution is -2.37. The first-order valence-corrected chi connectivity index (χ1v) is 8.20. The quantitative estimate of drug-likeness (QED) is 0.923. The van der Waals surface area contributed by atoms with Gasteiger partial charge in [0, 0.05) is 31.2 Å². The van der Waals surface area contributed by atoms with Crippen molar-refractivity contribution in [3.63, 3.8) is 0 Å². The molecule has 1 aromatic heterocycles. The fourth-order valence-corrected chi connectivity index (χ4v) is 3.41. The lowest BCUT2D eigenvalue weighted by Gasteiger charge is -2.28. The van der Waals surface area contributed by atoms with Gasteiger partial charge in [0.15, 0.2) is 0 Å². The number of aromatic nitrogens is 2. The predicted octanol–water partition coefficient (Wildman–Crippen LogP) is 2.17. The minimum Gasteiger partial charge on any atom is -0.366 e. The van der Waals surface area contributed by atoms with E-state index in [1.165, 1.54) is 19.3 Å². The van der Waals surface area contributed by atoms with Crippen molar-refractivity contribution in [2.75, 3.05) is 19.9 Å². The van der Waals surface area contributed by atoms with Gasteiger partial charge in [-0.15, -0.1) is 0 Å². The highest BCUT2D eigenvalue weighted by atomic mass is 16.5. The number of nitrogens with one attached hydrogen (secondary N) is 1. The highest BCUT2D eigenvalue weighted by Gasteiger charge is 2.24. The molecule has 1 saturated carbocycles. The van der Waals surface area contributed by atoms with E-state index in [1.807, 2.05) is 6.92 Å². The minimum absolute atomic E-state index is 0.0802. The molecule has 0 saturated heterocycles. The van der Waals surface area contributed by atoms with E-state index in [4.69, 9.17) is 9.72 Å². The van der Waals surface area contributed by atoms with Gasteiger partial charge in [-0.1, -0.05) is 19.3 Å². The van der Waals surface area contributed by atoms with Crippen LogP contribution in [0.3, 0.4) is 0 Å². The summed E-state index contributed by atoms with van der Waals surface area (Å²) in [5, 5.41) is 0. The Morgan fingerprint density at radius 2 is 2.14 bits per heavy atom. The molecule has 1 aliphatic carbocycles. The molecule has 0 amide bonds. The highest BCUT2D eigenvalue weighted by Crippen LogP contribution is 2.30. The summed E-state index contributed by atoms with van der Waals surface area (Å²) in [4.78, 5) is 22.4. The summed E-state index contributed by atoms with van der Waals surface area (Å²) in [5.41, 5.74) is 1.92. The smallest absolute Gasteiger partial charge is 0.254 e. The lowest BCUT2D eigenvalue weighted by atomic mass is 9.88. The van der Waals surface area contributed by atoms with Crippen LogP contribution in [0.5, 0.6) is 0 Å². The van der Waals surface area contributed by atoms with Crippen LogP contribution in [-0.4, -0.2) is 34.8 Å². The van der Waals surface area contributed by atoms with E-state index in [-0.39, 0.29) is 5.56 Å². The van der Waals surface area contributed by atoms with Crippen LogP contribution < -0.4 is 5.56 Å². The molecule has 0 spiro atoms. The summed E-state index contributed by atoms with van der Waals surface area (Å²) in [6, 6.07) is 0. The van der Waals surface area contributed by atoms with Gasteiger partial charge in [0.2, 0.25) is 0 Å². The molecule has 0 unspecified atom stereocenters. The van der Waals surface area contributed by atoms with Gasteiger partial charge in [-0.25, -0.2) is 4.98 Å². The molecule has 5 nitrogen and oxygen atoms in total. The van der Waals surface area contributed by atoms with Gasteiger partial charge in [-0.2, -0.15) is 0 Å². The van der Waals surface area contributed by atoms with Gasteiger partial charge < -0.3 is 9.72 Å². The third kappa shape index (κ3) is 3.35. The van der Waals surface area contributed by atoms with Gasteiger partial charge in [0.1, 0.15) is 5.82 Å². The maximum absolute atomic E-state index is 12.3. The number of H-pyrrole nitrogens is 1. The first-order chi connectivity index (χ1) is 10.3. The van der Waals surface area contributed by atoms with E-state index in [9.17, 15) is 4.79 Å². The first kappa shape index (κ1) is 14.7. The van der Waals surface area contributed by atoms with Crippen LogP contribution in [0.25, 0.3) is 0 Å². The molecule has 21 heavy (non-hydrogen) atoms. The normalized spacial score (nSPS) is 20.4. The van der Waals surface area contributed by atoms with Crippen molar-refractivity contribution in [3.05, 3.63) is 27.4 Å². The zero-order chi connectivity index (χ0) is 14.7. The molecule has 116 valence electrons. The summed E-state index contributed by atoms with van der Waals surface area (Å²) < 4.78 is 5.48. The average Bonchev–Trinajstić information content (AvgIpc) is 2.53. The van der Waals surface area contributed by atoms with Crippen LogP contribution in [0.15, 0.2) is 4.79 Å². The van der Waals surface area contributed by atoms with Crippen molar-refractivity contribution < 1.29 is 4.74 Å². The number of ether oxygens (including phenoxy) is 1. The molecule has 1 N–H and O–H groups in total. The first-order valence-electron chi connectivity index (χ1n) is 8.20. The molecule has 2 heterocycles. The number of hydrogen-bond donors (Lipinski definition) is 1. The largest absolute Gasteiger partial charge is 0.366 e. The second kappa shape index (κ2) is 6.71. The molecule has 3 rings (SSSR count). The Morgan fingerprint density at radius 1 is 1.33 bits per heavy atom. The van der Waals surface area contributed by atoms with Crippen LogP contribution in [0.2, 0.25) is 0 Å². The summed E-state index contributed by atoms with van der Waals surface area (Å²) in [7, 11) is 0. The Bertz CT molecular complexity index is 535. The Hall–Kier alpha value is -1.20. The Morgan fingerprint density at radius 3 is 2.90 bits per heavy atom. The van der Waals surface area contributed by atoms with E-state index in [1.54, 1.807) is 0 Å². The fraction of sp³-hybridized carbons (Fsp3) is 0.750. The fourth-order valence-electron chi connectivity index (χ4n) is 3.41. The van der Waals surface area contributed by atoms with Crippen LogP contribution in [0.1, 0.15) is 62.0 Å². The monoisotopic (exact) mass is 291 g/mol. The van der Waals surface area contributed by atoms with Crippen molar-refractivity contribution in [3.8, 4) is 0 Å². The molecule has 1 aromatic rings. The summed E-state index contributed by atoms with van der Waals surface area (Å²) >= 11 is 0. The van der Waals surface area contributed by atoms with Crippen molar-refractivity contribution in [1.29, 1.82) is 0 Å². The van der Waals surface area contributed by atoms with Crippen molar-refractivity contribution in [2.45, 2.75) is 57.9 Å². The molecule has 2 aliphatic rings. The standard InChI is InChI=1S/C16H25N3O2/c1-2-21-11-19-9-8-13-14(10-19)17-15(18-16(13)20)12-6-4-3-5-7-12/h12H,2-11H2,1H3,(H,17,18,20). The topological polar surface area (TPSA) is 58.2 Å². The minimum atomic E-state index is 0.0802. The van der Waals surface area contributed by atoms with E-state index in [2.05, 4.69) is 9.88 Å². The average molecular weight is 291 g/mol. The molecule has 0 radical (unpaired) electrons. The zero-order valence-corrected chi connectivity index (χ0v) is 12.9. The van der Waals surface area contributed by atoms with Crippen molar-refractivity contribution in [1.82, 2.24) is 14.9 Å². The molecular formula is C16H25N3O2. The Kier molecular flexibility index (Phi) is 4.70. The number of nitrogens with zero attached hydrogens (tertiary/aromatic N) is 2.